The Morgan fingerprint density at radius 2 is 2.38 bits per heavy atom. The molecule has 0 saturated heterocycles. The molecule has 0 radical (unpaired) electrons. The molecular formula is C12H15N3S. The highest BCUT2D eigenvalue weighted by Gasteiger charge is 2.12. The molecule has 0 fully saturated rings. The highest BCUT2D eigenvalue weighted by Crippen LogP contribution is 2.19. The molecule has 2 heterocycles. The van der Waals surface area contributed by atoms with E-state index in [1.54, 1.807) is 23.9 Å². The minimum absolute atomic E-state index is 0.284. The van der Waals surface area contributed by atoms with Gasteiger partial charge in [0.15, 0.2) is 0 Å². The molecule has 3 nitrogen and oxygen atoms in total. The van der Waals surface area contributed by atoms with Crippen molar-refractivity contribution < 1.29 is 0 Å². The number of likely N-dealkylation sites (N-methyl/N-ethyl adjacent to an activating group) is 1. The average Bonchev–Trinajstić information content (AvgIpc) is 2.83. The van der Waals surface area contributed by atoms with Crippen LogP contribution in [0.2, 0.25) is 0 Å². The van der Waals surface area contributed by atoms with Crippen LogP contribution in [-0.4, -0.2) is 16.5 Å². The van der Waals surface area contributed by atoms with Crippen molar-refractivity contribution in [2.45, 2.75) is 19.4 Å². The number of nitrogens with zero attached hydrogens (tertiary/aromatic N) is 2. The topological polar surface area (TPSA) is 37.8 Å². The Morgan fingerprint density at radius 3 is 3.00 bits per heavy atom. The number of aromatic nitrogens is 2. The zero-order chi connectivity index (χ0) is 11.2. The number of hydrogen-bond acceptors (Lipinski definition) is 4. The van der Waals surface area contributed by atoms with E-state index in [1.807, 2.05) is 6.07 Å². The van der Waals surface area contributed by atoms with E-state index < -0.39 is 0 Å². The first-order chi connectivity index (χ1) is 7.90. The predicted octanol–water partition coefficient (Wildman–Crippen LogP) is 2.43. The zero-order valence-corrected chi connectivity index (χ0v) is 10.1. The summed E-state index contributed by atoms with van der Waals surface area (Å²) in [4.78, 5) is 9.64. The standard InChI is InChI=1S/C12H15N3S/c1-2-14-12(8-10-4-3-7-16-10)11-5-6-13-9-15-11/h3-7,9,12,14H,2,8H2,1H3. The summed E-state index contributed by atoms with van der Waals surface area (Å²) in [5, 5.41) is 5.56. The molecule has 84 valence electrons. The van der Waals surface area contributed by atoms with Crippen molar-refractivity contribution >= 4 is 11.3 Å². The molecule has 0 bridgehead atoms. The van der Waals surface area contributed by atoms with Gasteiger partial charge in [-0.3, -0.25) is 0 Å². The van der Waals surface area contributed by atoms with Crippen LogP contribution < -0.4 is 5.32 Å². The fourth-order valence-electron chi connectivity index (χ4n) is 1.66. The largest absolute Gasteiger partial charge is 0.309 e. The average molecular weight is 233 g/mol. The van der Waals surface area contributed by atoms with Crippen molar-refractivity contribution in [1.82, 2.24) is 15.3 Å². The minimum Gasteiger partial charge on any atom is -0.309 e. The normalized spacial score (nSPS) is 12.6. The smallest absolute Gasteiger partial charge is 0.115 e. The molecule has 2 aromatic rings. The minimum atomic E-state index is 0.284. The second kappa shape index (κ2) is 5.72. The van der Waals surface area contributed by atoms with E-state index in [0.717, 1.165) is 18.7 Å². The summed E-state index contributed by atoms with van der Waals surface area (Å²) in [5.41, 5.74) is 1.06. The third-order valence-corrected chi connectivity index (χ3v) is 3.30. The third kappa shape index (κ3) is 2.87. The molecule has 0 aliphatic heterocycles. The van der Waals surface area contributed by atoms with Gasteiger partial charge in [0.25, 0.3) is 0 Å². The fourth-order valence-corrected chi connectivity index (χ4v) is 2.42. The lowest BCUT2D eigenvalue weighted by Crippen LogP contribution is -2.23. The summed E-state index contributed by atoms with van der Waals surface area (Å²) < 4.78 is 0. The summed E-state index contributed by atoms with van der Waals surface area (Å²) in [7, 11) is 0. The van der Waals surface area contributed by atoms with E-state index in [-0.39, 0.29) is 6.04 Å². The van der Waals surface area contributed by atoms with Crippen LogP contribution in [0.3, 0.4) is 0 Å². The van der Waals surface area contributed by atoms with Gasteiger partial charge in [0.1, 0.15) is 6.33 Å². The first kappa shape index (κ1) is 11.2. The molecule has 16 heavy (non-hydrogen) atoms. The van der Waals surface area contributed by atoms with Crippen LogP contribution in [0.15, 0.2) is 36.1 Å². The SMILES string of the molecule is CCNC(Cc1cccs1)c1ccncn1. The molecular weight excluding hydrogens is 218 g/mol. The van der Waals surface area contributed by atoms with Gasteiger partial charge in [-0.25, -0.2) is 9.97 Å². The second-order valence-corrected chi connectivity index (χ2v) is 4.56. The molecule has 0 saturated carbocycles. The highest BCUT2D eigenvalue weighted by atomic mass is 32.1. The van der Waals surface area contributed by atoms with Gasteiger partial charge in [0, 0.05) is 17.5 Å². The summed E-state index contributed by atoms with van der Waals surface area (Å²) in [6, 6.07) is 6.51. The maximum atomic E-state index is 4.31. The zero-order valence-electron chi connectivity index (χ0n) is 9.26. The number of thiophene rings is 1. The van der Waals surface area contributed by atoms with Gasteiger partial charge >= 0.3 is 0 Å². The molecule has 2 rings (SSSR count). The van der Waals surface area contributed by atoms with Gasteiger partial charge in [-0.2, -0.15) is 0 Å². The van der Waals surface area contributed by atoms with Crippen molar-refractivity contribution in [3.05, 3.63) is 46.7 Å². The van der Waals surface area contributed by atoms with Gasteiger partial charge in [-0.15, -0.1) is 11.3 Å². The van der Waals surface area contributed by atoms with Crippen LogP contribution in [0.4, 0.5) is 0 Å². The van der Waals surface area contributed by atoms with Crippen LogP contribution >= 0.6 is 11.3 Å². The van der Waals surface area contributed by atoms with Gasteiger partial charge < -0.3 is 5.32 Å². The van der Waals surface area contributed by atoms with Gasteiger partial charge in [-0.05, 0) is 24.1 Å². The molecule has 0 aliphatic rings. The summed E-state index contributed by atoms with van der Waals surface area (Å²) in [5.74, 6) is 0. The summed E-state index contributed by atoms with van der Waals surface area (Å²) >= 11 is 1.79. The van der Waals surface area contributed by atoms with Crippen molar-refractivity contribution in [1.29, 1.82) is 0 Å². The lowest BCUT2D eigenvalue weighted by atomic mass is 10.1. The Morgan fingerprint density at radius 1 is 1.44 bits per heavy atom. The fraction of sp³-hybridized carbons (Fsp3) is 0.333. The Labute approximate surface area is 99.6 Å². The van der Waals surface area contributed by atoms with Gasteiger partial charge in [-0.1, -0.05) is 13.0 Å². The summed E-state index contributed by atoms with van der Waals surface area (Å²) in [6.07, 6.45) is 4.39. The molecule has 0 spiro atoms. The predicted molar refractivity (Wildman–Crippen MR) is 66.5 cm³/mol. The molecule has 0 aliphatic carbocycles. The third-order valence-electron chi connectivity index (χ3n) is 2.40. The molecule has 1 N–H and O–H groups in total. The maximum absolute atomic E-state index is 4.31. The van der Waals surface area contributed by atoms with Gasteiger partial charge in [0.2, 0.25) is 0 Å². The van der Waals surface area contributed by atoms with Crippen molar-refractivity contribution in [3.8, 4) is 0 Å². The van der Waals surface area contributed by atoms with E-state index in [2.05, 4.69) is 39.7 Å². The highest BCUT2D eigenvalue weighted by molar-refractivity contribution is 7.09. The molecule has 0 amide bonds. The van der Waals surface area contributed by atoms with Crippen LogP contribution in [-0.2, 0) is 6.42 Å². The number of rotatable bonds is 5. The number of hydrogen-bond donors (Lipinski definition) is 1. The molecule has 4 heteroatoms. The quantitative estimate of drug-likeness (QED) is 0.862. The Hall–Kier alpha value is -1.26. The first-order valence-corrected chi connectivity index (χ1v) is 6.29. The van der Waals surface area contributed by atoms with Crippen molar-refractivity contribution in [3.63, 3.8) is 0 Å². The molecule has 1 unspecified atom stereocenters. The molecule has 0 aromatic carbocycles. The number of nitrogens with one attached hydrogen (secondary N) is 1. The molecule has 2 aromatic heterocycles. The van der Waals surface area contributed by atoms with E-state index >= 15 is 0 Å². The lowest BCUT2D eigenvalue weighted by molar-refractivity contribution is 0.539. The van der Waals surface area contributed by atoms with Crippen LogP contribution in [0.25, 0.3) is 0 Å². The second-order valence-electron chi connectivity index (χ2n) is 3.53. The van der Waals surface area contributed by atoms with Gasteiger partial charge in [0.05, 0.1) is 11.7 Å². The first-order valence-electron chi connectivity index (χ1n) is 5.42. The van der Waals surface area contributed by atoms with Crippen LogP contribution in [0.1, 0.15) is 23.5 Å². The Bertz CT molecular complexity index is 399. The Kier molecular flexibility index (Phi) is 4.02. The van der Waals surface area contributed by atoms with E-state index in [4.69, 9.17) is 0 Å². The van der Waals surface area contributed by atoms with Crippen LogP contribution in [0.5, 0.6) is 0 Å². The molecule has 1 atom stereocenters. The summed E-state index contributed by atoms with van der Waals surface area (Å²) in [6.45, 7) is 3.06. The van der Waals surface area contributed by atoms with Crippen LogP contribution in [0, 0.1) is 0 Å². The lowest BCUT2D eigenvalue weighted by Gasteiger charge is -2.16. The Balaban J connectivity index is 2.11. The maximum Gasteiger partial charge on any atom is 0.115 e. The van der Waals surface area contributed by atoms with E-state index in [1.165, 1.54) is 4.88 Å². The van der Waals surface area contributed by atoms with Crippen molar-refractivity contribution in [2.75, 3.05) is 6.54 Å². The monoisotopic (exact) mass is 233 g/mol. The van der Waals surface area contributed by atoms with Crippen molar-refractivity contribution in [2.24, 2.45) is 0 Å². The van der Waals surface area contributed by atoms with E-state index in [9.17, 15) is 0 Å². The van der Waals surface area contributed by atoms with E-state index in [0.29, 0.717) is 0 Å².